The maximum absolute atomic E-state index is 11.5. The molecule has 0 aliphatic heterocycles. The Hall–Kier alpha value is -1.25. The van der Waals surface area contributed by atoms with Crippen LogP contribution in [0.5, 0.6) is 0 Å². The first-order valence-corrected chi connectivity index (χ1v) is 7.74. The number of nitrogens with zero attached hydrogens (tertiary/aromatic N) is 1. The maximum atomic E-state index is 11.5. The van der Waals surface area contributed by atoms with Crippen LogP contribution < -0.4 is 5.32 Å². The van der Waals surface area contributed by atoms with Gasteiger partial charge >= 0.3 is 0 Å². The van der Waals surface area contributed by atoms with Crippen molar-refractivity contribution in [1.82, 2.24) is 0 Å². The zero-order valence-electron chi connectivity index (χ0n) is 10.3. The van der Waals surface area contributed by atoms with Crippen molar-refractivity contribution in [3.8, 4) is 6.07 Å². The predicted molar refractivity (Wildman–Crippen MR) is 73.6 cm³/mol. The number of hydrogen-bond donors (Lipinski definition) is 1. The number of nitrogens with one attached hydrogen (secondary N) is 1. The van der Waals surface area contributed by atoms with Crippen LogP contribution in [0.15, 0.2) is 18.2 Å². The number of halogens is 1. The molecule has 1 N–H and O–H groups in total. The lowest BCUT2D eigenvalue weighted by Gasteiger charge is -2.16. The monoisotopic (exact) mass is 286 g/mol. The van der Waals surface area contributed by atoms with Crippen LogP contribution in [-0.2, 0) is 9.84 Å². The number of benzene rings is 1. The molecule has 6 heteroatoms. The number of sulfone groups is 1. The van der Waals surface area contributed by atoms with E-state index < -0.39 is 9.84 Å². The Morgan fingerprint density at radius 2 is 2.17 bits per heavy atom. The van der Waals surface area contributed by atoms with Crippen LogP contribution in [0.4, 0.5) is 5.69 Å². The fraction of sp³-hybridized carbons (Fsp3) is 0.417. The Kier molecular flexibility index (Phi) is 5.00. The molecule has 98 valence electrons. The summed E-state index contributed by atoms with van der Waals surface area (Å²) in [6.07, 6.45) is 0. The fourth-order valence-electron chi connectivity index (χ4n) is 1.51. The Morgan fingerprint density at radius 3 is 2.67 bits per heavy atom. The molecule has 4 nitrogen and oxygen atoms in total. The van der Waals surface area contributed by atoms with Gasteiger partial charge in [0.15, 0.2) is 9.84 Å². The topological polar surface area (TPSA) is 70.0 Å². The minimum Gasteiger partial charge on any atom is -0.380 e. The highest BCUT2D eigenvalue weighted by Gasteiger charge is 2.14. The molecule has 1 unspecified atom stereocenters. The second-order valence-corrected chi connectivity index (χ2v) is 6.86. The highest BCUT2D eigenvalue weighted by molar-refractivity contribution is 7.91. The second kappa shape index (κ2) is 6.07. The van der Waals surface area contributed by atoms with Gasteiger partial charge in [-0.1, -0.05) is 18.5 Å². The molecule has 1 aromatic rings. The van der Waals surface area contributed by atoms with Crippen LogP contribution in [0.2, 0.25) is 5.02 Å². The third kappa shape index (κ3) is 4.21. The summed E-state index contributed by atoms with van der Waals surface area (Å²) in [6.45, 7) is 3.40. The third-order valence-electron chi connectivity index (χ3n) is 2.44. The predicted octanol–water partition coefficient (Wildman–Crippen LogP) is 2.45. The van der Waals surface area contributed by atoms with Crippen molar-refractivity contribution < 1.29 is 8.42 Å². The van der Waals surface area contributed by atoms with E-state index in [2.05, 4.69) is 5.32 Å². The first kappa shape index (κ1) is 14.8. The average molecular weight is 287 g/mol. The number of hydrogen-bond acceptors (Lipinski definition) is 4. The van der Waals surface area contributed by atoms with Gasteiger partial charge in [-0.05, 0) is 25.1 Å². The van der Waals surface area contributed by atoms with Crippen molar-refractivity contribution in [2.24, 2.45) is 0 Å². The molecule has 1 atom stereocenters. The van der Waals surface area contributed by atoms with Crippen molar-refractivity contribution in [3.63, 3.8) is 0 Å². The van der Waals surface area contributed by atoms with E-state index in [1.807, 2.05) is 6.07 Å². The van der Waals surface area contributed by atoms with Gasteiger partial charge in [0.05, 0.1) is 28.1 Å². The minimum atomic E-state index is -3.02. The van der Waals surface area contributed by atoms with Gasteiger partial charge in [0.25, 0.3) is 0 Å². The smallest absolute Gasteiger partial charge is 0.152 e. The Balaban J connectivity index is 2.77. The van der Waals surface area contributed by atoms with Crippen molar-refractivity contribution in [1.29, 1.82) is 5.26 Å². The molecular formula is C12H15ClN2O2S. The van der Waals surface area contributed by atoms with Crippen molar-refractivity contribution >= 4 is 27.1 Å². The summed E-state index contributed by atoms with van der Waals surface area (Å²) in [6, 6.07) is 6.61. The molecule has 0 saturated heterocycles. The lowest BCUT2D eigenvalue weighted by molar-refractivity contribution is 0.593. The summed E-state index contributed by atoms with van der Waals surface area (Å²) in [4.78, 5) is 0. The van der Waals surface area contributed by atoms with Gasteiger partial charge in [-0.25, -0.2) is 8.42 Å². The van der Waals surface area contributed by atoms with Crippen LogP contribution in [0.1, 0.15) is 19.4 Å². The van der Waals surface area contributed by atoms with Crippen LogP contribution in [0, 0.1) is 11.3 Å². The molecule has 0 bridgehead atoms. The molecule has 0 radical (unpaired) electrons. The van der Waals surface area contributed by atoms with E-state index in [9.17, 15) is 8.42 Å². The van der Waals surface area contributed by atoms with Crippen molar-refractivity contribution in [2.45, 2.75) is 19.9 Å². The molecule has 18 heavy (non-hydrogen) atoms. The van der Waals surface area contributed by atoms with Gasteiger partial charge in [0.2, 0.25) is 0 Å². The number of anilines is 1. The molecule has 0 aromatic heterocycles. The van der Waals surface area contributed by atoms with E-state index in [-0.39, 0.29) is 17.5 Å². The average Bonchev–Trinajstić information content (AvgIpc) is 2.31. The number of rotatable bonds is 5. The van der Waals surface area contributed by atoms with Gasteiger partial charge < -0.3 is 5.32 Å². The van der Waals surface area contributed by atoms with E-state index in [1.54, 1.807) is 32.0 Å². The Morgan fingerprint density at radius 1 is 1.50 bits per heavy atom. The van der Waals surface area contributed by atoms with Gasteiger partial charge in [-0.15, -0.1) is 0 Å². The third-order valence-corrected chi connectivity index (χ3v) is 4.64. The largest absolute Gasteiger partial charge is 0.380 e. The molecule has 0 spiro atoms. The highest BCUT2D eigenvalue weighted by atomic mass is 35.5. The van der Waals surface area contributed by atoms with E-state index in [0.717, 1.165) is 0 Å². The van der Waals surface area contributed by atoms with E-state index >= 15 is 0 Å². The SMILES string of the molecule is CCS(=O)(=O)CC(C)Nc1ccc(C#N)cc1Cl. The molecule has 1 rings (SSSR count). The number of nitriles is 1. The zero-order chi connectivity index (χ0) is 13.8. The molecule has 0 heterocycles. The molecular weight excluding hydrogens is 272 g/mol. The van der Waals surface area contributed by atoms with Crippen LogP contribution >= 0.6 is 11.6 Å². The maximum Gasteiger partial charge on any atom is 0.152 e. The molecule has 0 aliphatic rings. The summed E-state index contributed by atoms with van der Waals surface area (Å²) >= 11 is 5.99. The molecule has 0 fully saturated rings. The van der Waals surface area contributed by atoms with E-state index in [1.165, 1.54) is 0 Å². The Labute approximate surface area is 112 Å². The summed E-state index contributed by atoms with van der Waals surface area (Å²) in [5.74, 6) is 0.181. The quantitative estimate of drug-likeness (QED) is 0.902. The highest BCUT2D eigenvalue weighted by Crippen LogP contribution is 2.23. The summed E-state index contributed by atoms with van der Waals surface area (Å²) in [7, 11) is -3.02. The van der Waals surface area contributed by atoms with Crippen LogP contribution in [0.25, 0.3) is 0 Å². The Bertz CT molecular complexity index is 564. The summed E-state index contributed by atoms with van der Waals surface area (Å²) < 4.78 is 22.9. The minimum absolute atomic E-state index is 0.0554. The first-order chi connectivity index (χ1) is 8.38. The fourth-order valence-corrected chi connectivity index (χ4v) is 2.82. The van der Waals surface area contributed by atoms with Gasteiger partial charge in [-0.2, -0.15) is 5.26 Å². The van der Waals surface area contributed by atoms with Gasteiger partial charge in [-0.3, -0.25) is 0 Å². The van der Waals surface area contributed by atoms with Gasteiger partial charge in [0.1, 0.15) is 0 Å². The normalized spacial score (nSPS) is 12.8. The lowest BCUT2D eigenvalue weighted by atomic mass is 10.2. The van der Waals surface area contributed by atoms with Crippen LogP contribution in [-0.4, -0.2) is 26.0 Å². The van der Waals surface area contributed by atoms with Crippen molar-refractivity contribution in [3.05, 3.63) is 28.8 Å². The lowest BCUT2D eigenvalue weighted by Crippen LogP contribution is -2.26. The van der Waals surface area contributed by atoms with Gasteiger partial charge in [0, 0.05) is 11.8 Å². The second-order valence-electron chi connectivity index (χ2n) is 4.05. The van der Waals surface area contributed by atoms with E-state index in [0.29, 0.717) is 16.3 Å². The van der Waals surface area contributed by atoms with Crippen molar-refractivity contribution in [2.75, 3.05) is 16.8 Å². The van der Waals surface area contributed by atoms with Crippen LogP contribution in [0.3, 0.4) is 0 Å². The zero-order valence-corrected chi connectivity index (χ0v) is 11.8. The molecule has 0 saturated carbocycles. The molecule has 0 aliphatic carbocycles. The first-order valence-electron chi connectivity index (χ1n) is 5.54. The summed E-state index contributed by atoms with van der Waals surface area (Å²) in [5, 5.41) is 12.2. The summed E-state index contributed by atoms with van der Waals surface area (Å²) in [5.41, 5.74) is 1.11. The standard InChI is InChI=1S/C12H15ClN2O2S/c1-3-18(16,17)8-9(2)15-12-5-4-10(7-14)6-11(12)13/h4-6,9,15H,3,8H2,1-2H3. The van der Waals surface area contributed by atoms with E-state index in [4.69, 9.17) is 16.9 Å². The molecule has 0 amide bonds. The molecule has 1 aromatic carbocycles.